The van der Waals surface area contributed by atoms with Crippen molar-refractivity contribution in [1.82, 2.24) is 20.0 Å². The van der Waals surface area contributed by atoms with E-state index in [1.807, 2.05) is 19.2 Å². The summed E-state index contributed by atoms with van der Waals surface area (Å²) in [4.78, 5) is 11.6. The van der Waals surface area contributed by atoms with Crippen molar-refractivity contribution in [2.24, 2.45) is 4.99 Å². The van der Waals surface area contributed by atoms with E-state index >= 15 is 0 Å². The SMILES string of the molecule is CN=C(NCC1CN(C)CCO1)N1CCN(Cc2cc(OC)ccc2OC)CC1.I. The number of nitrogens with zero attached hydrogens (tertiary/aromatic N) is 4. The van der Waals surface area contributed by atoms with Crippen LogP contribution in [0.3, 0.4) is 0 Å². The second kappa shape index (κ2) is 12.5. The quantitative estimate of drug-likeness (QED) is 0.337. The van der Waals surface area contributed by atoms with E-state index in [0.717, 1.165) is 82.0 Å². The molecular formula is C21H36IN5O3. The minimum atomic E-state index is 0. The van der Waals surface area contributed by atoms with Crippen LogP contribution in [0.15, 0.2) is 23.2 Å². The van der Waals surface area contributed by atoms with Crippen molar-refractivity contribution in [2.75, 3.05) is 80.7 Å². The van der Waals surface area contributed by atoms with Gasteiger partial charge in [0.1, 0.15) is 11.5 Å². The smallest absolute Gasteiger partial charge is 0.193 e. The van der Waals surface area contributed by atoms with Crippen molar-refractivity contribution in [3.05, 3.63) is 23.8 Å². The maximum Gasteiger partial charge on any atom is 0.193 e. The number of hydrogen-bond acceptors (Lipinski definition) is 6. The molecule has 1 aromatic rings. The Morgan fingerprint density at radius 3 is 2.57 bits per heavy atom. The minimum Gasteiger partial charge on any atom is -0.497 e. The molecular weight excluding hydrogens is 497 g/mol. The number of halogens is 1. The molecule has 0 bridgehead atoms. The molecule has 1 aromatic carbocycles. The van der Waals surface area contributed by atoms with Gasteiger partial charge in [0, 0.05) is 65.0 Å². The first-order valence-electron chi connectivity index (χ1n) is 10.3. The van der Waals surface area contributed by atoms with Crippen molar-refractivity contribution in [3.8, 4) is 11.5 Å². The highest BCUT2D eigenvalue weighted by Gasteiger charge is 2.23. The van der Waals surface area contributed by atoms with Crippen molar-refractivity contribution >= 4 is 29.9 Å². The van der Waals surface area contributed by atoms with Crippen LogP contribution in [0.1, 0.15) is 5.56 Å². The highest BCUT2D eigenvalue weighted by atomic mass is 127. The lowest BCUT2D eigenvalue weighted by Crippen LogP contribution is -2.54. The first-order valence-corrected chi connectivity index (χ1v) is 10.3. The zero-order valence-electron chi connectivity index (χ0n) is 18.6. The van der Waals surface area contributed by atoms with Crippen molar-refractivity contribution < 1.29 is 14.2 Å². The Hall–Kier alpha value is -1.30. The van der Waals surface area contributed by atoms with Gasteiger partial charge in [-0.15, -0.1) is 24.0 Å². The zero-order valence-corrected chi connectivity index (χ0v) is 20.9. The predicted molar refractivity (Wildman–Crippen MR) is 130 cm³/mol. The van der Waals surface area contributed by atoms with Crippen LogP contribution in [-0.4, -0.2) is 107 Å². The van der Waals surface area contributed by atoms with Crippen molar-refractivity contribution in [1.29, 1.82) is 0 Å². The van der Waals surface area contributed by atoms with Gasteiger partial charge in [-0.3, -0.25) is 9.89 Å². The summed E-state index contributed by atoms with van der Waals surface area (Å²) in [5, 5.41) is 3.50. The molecule has 1 N–H and O–H groups in total. The monoisotopic (exact) mass is 533 g/mol. The van der Waals surface area contributed by atoms with Crippen LogP contribution in [0.2, 0.25) is 0 Å². The second-order valence-corrected chi connectivity index (χ2v) is 7.62. The highest BCUT2D eigenvalue weighted by molar-refractivity contribution is 14.0. The van der Waals surface area contributed by atoms with E-state index in [-0.39, 0.29) is 30.1 Å². The molecule has 2 fully saturated rings. The molecule has 30 heavy (non-hydrogen) atoms. The number of nitrogens with one attached hydrogen (secondary N) is 1. The molecule has 0 aliphatic carbocycles. The second-order valence-electron chi connectivity index (χ2n) is 7.62. The fourth-order valence-electron chi connectivity index (χ4n) is 3.89. The van der Waals surface area contributed by atoms with Gasteiger partial charge in [0.05, 0.1) is 26.9 Å². The molecule has 170 valence electrons. The molecule has 1 atom stereocenters. The predicted octanol–water partition coefficient (Wildman–Crippen LogP) is 1.35. The van der Waals surface area contributed by atoms with Crippen LogP contribution in [0.5, 0.6) is 11.5 Å². The fourth-order valence-corrected chi connectivity index (χ4v) is 3.89. The Labute approximate surface area is 197 Å². The molecule has 0 aromatic heterocycles. The van der Waals surface area contributed by atoms with Crippen molar-refractivity contribution in [2.45, 2.75) is 12.6 Å². The number of ether oxygens (including phenoxy) is 3. The van der Waals surface area contributed by atoms with E-state index in [1.165, 1.54) is 0 Å². The normalized spacial score (nSPS) is 21.1. The molecule has 0 saturated carbocycles. The first kappa shape index (κ1) is 25.0. The summed E-state index contributed by atoms with van der Waals surface area (Å²) in [5.41, 5.74) is 1.15. The third-order valence-corrected chi connectivity index (χ3v) is 5.59. The number of methoxy groups -OCH3 is 2. The molecule has 3 rings (SSSR count). The Balaban J connectivity index is 0.00000320. The summed E-state index contributed by atoms with van der Waals surface area (Å²) < 4.78 is 16.7. The zero-order chi connectivity index (χ0) is 20.6. The lowest BCUT2D eigenvalue weighted by Gasteiger charge is -2.37. The Morgan fingerprint density at radius 1 is 1.17 bits per heavy atom. The van der Waals surface area contributed by atoms with E-state index in [1.54, 1.807) is 14.2 Å². The molecule has 8 nitrogen and oxygen atoms in total. The summed E-state index contributed by atoms with van der Waals surface area (Å²) >= 11 is 0. The number of benzene rings is 1. The third kappa shape index (κ3) is 6.86. The average molecular weight is 533 g/mol. The van der Waals surface area contributed by atoms with Crippen LogP contribution in [-0.2, 0) is 11.3 Å². The third-order valence-electron chi connectivity index (χ3n) is 5.59. The average Bonchev–Trinajstić information content (AvgIpc) is 2.75. The van der Waals surface area contributed by atoms with Crippen LogP contribution in [0.4, 0.5) is 0 Å². The summed E-state index contributed by atoms with van der Waals surface area (Å²) in [6, 6.07) is 5.97. The summed E-state index contributed by atoms with van der Waals surface area (Å²) in [6.45, 7) is 8.24. The maximum atomic E-state index is 5.85. The first-order chi connectivity index (χ1) is 14.1. The number of morpholine rings is 1. The summed E-state index contributed by atoms with van der Waals surface area (Å²) in [5.74, 6) is 2.73. The van der Waals surface area contributed by atoms with E-state index < -0.39 is 0 Å². The van der Waals surface area contributed by atoms with Gasteiger partial charge in [0.25, 0.3) is 0 Å². The topological polar surface area (TPSA) is 61.8 Å². The van der Waals surface area contributed by atoms with Gasteiger partial charge in [-0.1, -0.05) is 0 Å². The van der Waals surface area contributed by atoms with Crippen LogP contribution < -0.4 is 14.8 Å². The molecule has 0 amide bonds. The van der Waals surface area contributed by atoms with Gasteiger partial charge in [-0.05, 0) is 25.2 Å². The molecule has 2 aliphatic heterocycles. The fraction of sp³-hybridized carbons (Fsp3) is 0.667. The molecule has 2 heterocycles. The standard InChI is InChI=1S/C21H35N5O3.HI/c1-22-21(23-14-19-16-24(2)11-12-29-19)26-9-7-25(8-10-26)15-17-13-18(27-3)5-6-20(17)28-4;/h5-6,13,19H,7-12,14-16H2,1-4H3,(H,22,23);1H. The van der Waals surface area contributed by atoms with Crippen molar-refractivity contribution in [3.63, 3.8) is 0 Å². The van der Waals surface area contributed by atoms with E-state index in [9.17, 15) is 0 Å². The van der Waals surface area contributed by atoms with Gasteiger partial charge in [-0.25, -0.2) is 0 Å². The summed E-state index contributed by atoms with van der Waals surface area (Å²) in [7, 11) is 7.40. The highest BCUT2D eigenvalue weighted by Crippen LogP contribution is 2.25. The maximum absolute atomic E-state index is 5.85. The molecule has 9 heteroatoms. The number of piperazine rings is 1. The number of likely N-dealkylation sites (N-methyl/N-ethyl adjacent to an activating group) is 1. The molecule has 0 spiro atoms. The number of hydrogen-bond donors (Lipinski definition) is 1. The van der Waals surface area contributed by atoms with Gasteiger partial charge in [-0.2, -0.15) is 0 Å². The molecule has 2 saturated heterocycles. The lowest BCUT2D eigenvalue weighted by molar-refractivity contribution is -0.0164. The van der Waals surface area contributed by atoms with E-state index in [0.29, 0.717) is 0 Å². The van der Waals surface area contributed by atoms with Gasteiger partial charge < -0.3 is 29.3 Å². The molecule has 0 radical (unpaired) electrons. The minimum absolute atomic E-state index is 0. The molecule has 1 unspecified atom stereocenters. The summed E-state index contributed by atoms with van der Waals surface area (Å²) in [6.07, 6.45) is 0.215. The van der Waals surface area contributed by atoms with Gasteiger partial charge >= 0.3 is 0 Å². The largest absolute Gasteiger partial charge is 0.497 e. The van der Waals surface area contributed by atoms with E-state index in [4.69, 9.17) is 14.2 Å². The van der Waals surface area contributed by atoms with E-state index in [2.05, 4.69) is 38.1 Å². The molecule has 2 aliphatic rings. The number of guanidine groups is 1. The van der Waals surface area contributed by atoms with Gasteiger partial charge in [0.2, 0.25) is 0 Å². The lowest BCUT2D eigenvalue weighted by atomic mass is 10.1. The Kier molecular flexibility index (Phi) is 10.4. The van der Waals surface area contributed by atoms with Crippen LogP contribution in [0.25, 0.3) is 0 Å². The number of aliphatic imine (C=N–C) groups is 1. The Bertz CT molecular complexity index is 683. The van der Waals surface area contributed by atoms with Crippen LogP contribution >= 0.6 is 24.0 Å². The Morgan fingerprint density at radius 2 is 1.93 bits per heavy atom. The number of rotatable bonds is 6. The van der Waals surface area contributed by atoms with Crippen LogP contribution in [0, 0.1) is 0 Å². The van der Waals surface area contributed by atoms with Gasteiger partial charge in [0.15, 0.2) is 5.96 Å².